The molecule has 0 unspecified atom stereocenters. The van der Waals surface area contributed by atoms with Crippen LogP contribution in [0.3, 0.4) is 0 Å². The molecule has 0 bridgehead atoms. The van der Waals surface area contributed by atoms with E-state index in [0.29, 0.717) is 6.42 Å². The van der Waals surface area contributed by atoms with Crippen molar-refractivity contribution < 1.29 is 4.79 Å². The summed E-state index contributed by atoms with van der Waals surface area (Å²) >= 11 is 1.27. The number of hydrogen-bond donors (Lipinski definition) is 0. The molecule has 0 aliphatic heterocycles. The first-order chi connectivity index (χ1) is 6.24. The zero-order valence-corrected chi connectivity index (χ0v) is 8.54. The Kier molecular flexibility index (Phi) is 3.88. The summed E-state index contributed by atoms with van der Waals surface area (Å²) in [5.41, 5.74) is 0. The van der Waals surface area contributed by atoms with Gasteiger partial charge in [0.15, 0.2) is 10.9 Å². The van der Waals surface area contributed by atoms with Crippen LogP contribution in [0.2, 0.25) is 0 Å². The Hall–Kier alpha value is -0.910. The average Bonchev–Trinajstić information content (AvgIpc) is 2.52. The maximum absolute atomic E-state index is 10.9. The molecular formula is C7H12N4OS. The second-order valence-corrected chi connectivity index (χ2v) is 3.51. The van der Waals surface area contributed by atoms with Gasteiger partial charge in [0.1, 0.15) is 0 Å². The van der Waals surface area contributed by atoms with Crippen LogP contribution in [0.15, 0.2) is 0 Å². The molecule has 0 aliphatic carbocycles. The summed E-state index contributed by atoms with van der Waals surface area (Å²) in [6.45, 7) is 0. The summed E-state index contributed by atoms with van der Waals surface area (Å²) in [5.74, 6) is 0.828. The molecule has 1 heterocycles. The van der Waals surface area contributed by atoms with E-state index < -0.39 is 0 Å². The van der Waals surface area contributed by atoms with E-state index in [0.717, 1.165) is 18.7 Å². The minimum Gasteiger partial charge on any atom is -0.287 e. The van der Waals surface area contributed by atoms with Crippen molar-refractivity contribution in [2.24, 2.45) is 7.05 Å². The highest BCUT2D eigenvalue weighted by Crippen LogP contribution is 2.05. The maximum Gasteiger partial charge on any atom is 0.188 e. The van der Waals surface area contributed by atoms with Gasteiger partial charge in [-0.25, -0.2) is 4.68 Å². The van der Waals surface area contributed by atoms with Crippen LogP contribution in [0.5, 0.6) is 0 Å². The molecule has 0 radical (unpaired) electrons. The molecule has 0 amide bonds. The van der Waals surface area contributed by atoms with Gasteiger partial charge in [-0.2, -0.15) is 0 Å². The summed E-state index contributed by atoms with van der Waals surface area (Å²) in [6, 6.07) is 0. The minimum absolute atomic E-state index is 0.218. The lowest BCUT2D eigenvalue weighted by molar-refractivity contribution is -0.111. The Morgan fingerprint density at radius 2 is 2.38 bits per heavy atom. The number of hydrogen-bond acceptors (Lipinski definition) is 5. The second kappa shape index (κ2) is 4.96. The number of thioether (sulfide) groups is 1. The van der Waals surface area contributed by atoms with Crippen molar-refractivity contribution in [1.82, 2.24) is 20.2 Å². The maximum atomic E-state index is 10.9. The van der Waals surface area contributed by atoms with Gasteiger partial charge in [0.25, 0.3) is 0 Å². The molecule has 0 N–H and O–H groups in total. The van der Waals surface area contributed by atoms with E-state index in [1.165, 1.54) is 11.8 Å². The molecule has 0 atom stereocenters. The lowest BCUT2D eigenvalue weighted by Gasteiger charge is -1.97. The smallest absolute Gasteiger partial charge is 0.188 e. The minimum atomic E-state index is 0.218. The molecule has 0 saturated heterocycles. The third kappa shape index (κ3) is 3.14. The van der Waals surface area contributed by atoms with Gasteiger partial charge in [-0.15, -0.1) is 5.10 Å². The van der Waals surface area contributed by atoms with E-state index in [2.05, 4.69) is 15.5 Å². The quantitative estimate of drug-likeness (QED) is 0.705. The lowest BCUT2D eigenvalue weighted by Crippen LogP contribution is -2.01. The Morgan fingerprint density at radius 3 is 2.92 bits per heavy atom. The van der Waals surface area contributed by atoms with Crippen molar-refractivity contribution in [3.63, 3.8) is 0 Å². The van der Waals surface area contributed by atoms with Crippen LogP contribution >= 0.6 is 11.8 Å². The van der Waals surface area contributed by atoms with Gasteiger partial charge in [0, 0.05) is 19.9 Å². The second-order valence-electron chi connectivity index (χ2n) is 2.65. The Balaban J connectivity index is 2.28. The number of rotatable bonds is 4. The molecule has 13 heavy (non-hydrogen) atoms. The highest BCUT2D eigenvalue weighted by atomic mass is 32.2. The van der Waals surface area contributed by atoms with Crippen LogP contribution in [0.25, 0.3) is 0 Å². The highest BCUT2D eigenvalue weighted by Gasteiger charge is 2.03. The molecular weight excluding hydrogens is 188 g/mol. The molecule has 0 saturated carbocycles. The van der Waals surface area contributed by atoms with Crippen LogP contribution in [0.1, 0.15) is 18.7 Å². The first-order valence-electron chi connectivity index (χ1n) is 4.02. The summed E-state index contributed by atoms with van der Waals surface area (Å²) in [4.78, 5) is 10.9. The van der Waals surface area contributed by atoms with Gasteiger partial charge in [0.05, 0.1) is 0 Å². The standard InChI is InChI=1S/C7H12N4OS/c1-11-6(8-9-10-11)4-3-5-7(12)13-2/h3-5H2,1-2H3. The number of aryl methyl sites for hydroxylation is 2. The first-order valence-corrected chi connectivity index (χ1v) is 5.24. The molecule has 1 aromatic heterocycles. The van der Waals surface area contributed by atoms with Crippen molar-refractivity contribution >= 4 is 16.9 Å². The van der Waals surface area contributed by atoms with Crippen molar-refractivity contribution in [2.45, 2.75) is 19.3 Å². The van der Waals surface area contributed by atoms with Crippen LogP contribution in [0.4, 0.5) is 0 Å². The Bertz CT molecular complexity index is 286. The highest BCUT2D eigenvalue weighted by molar-refractivity contribution is 8.13. The molecule has 0 aromatic carbocycles. The van der Waals surface area contributed by atoms with Crippen molar-refractivity contribution in [2.75, 3.05) is 6.26 Å². The monoisotopic (exact) mass is 200 g/mol. The summed E-state index contributed by atoms with van der Waals surface area (Å²) < 4.78 is 1.63. The fourth-order valence-electron chi connectivity index (χ4n) is 0.953. The molecule has 0 aliphatic rings. The van der Waals surface area contributed by atoms with Crippen LogP contribution in [0, 0.1) is 0 Å². The third-order valence-electron chi connectivity index (χ3n) is 1.72. The fraction of sp³-hybridized carbons (Fsp3) is 0.714. The molecule has 1 rings (SSSR count). The molecule has 1 aromatic rings. The van der Waals surface area contributed by atoms with E-state index >= 15 is 0 Å². The number of carbonyl (C=O) groups excluding carboxylic acids is 1. The predicted molar refractivity (Wildman–Crippen MR) is 50.3 cm³/mol. The lowest BCUT2D eigenvalue weighted by atomic mass is 10.2. The van der Waals surface area contributed by atoms with E-state index in [1.807, 2.05) is 0 Å². The topological polar surface area (TPSA) is 60.7 Å². The summed E-state index contributed by atoms with van der Waals surface area (Å²) in [6.07, 6.45) is 3.96. The average molecular weight is 200 g/mol. The van der Waals surface area contributed by atoms with E-state index in [1.54, 1.807) is 18.0 Å². The van der Waals surface area contributed by atoms with E-state index in [9.17, 15) is 4.79 Å². The van der Waals surface area contributed by atoms with Crippen LogP contribution < -0.4 is 0 Å². The van der Waals surface area contributed by atoms with E-state index in [4.69, 9.17) is 0 Å². The molecule has 0 fully saturated rings. The van der Waals surface area contributed by atoms with Crippen molar-refractivity contribution in [1.29, 1.82) is 0 Å². The zero-order valence-electron chi connectivity index (χ0n) is 7.73. The third-order valence-corrected chi connectivity index (χ3v) is 2.38. The van der Waals surface area contributed by atoms with Crippen LogP contribution in [-0.4, -0.2) is 31.6 Å². The molecule has 0 spiro atoms. The van der Waals surface area contributed by atoms with Gasteiger partial charge in [-0.1, -0.05) is 11.8 Å². The fourth-order valence-corrected chi connectivity index (χ4v) is 1.30. The van der Waals surface area contributed by atoms with Crippen molar-refractivity contribution in [3.8, 4) is 0 Å². The largest absolute Gasteiger partial charge is 0.287 e. The molecule has 72 valence electrons. The van der Waals surface area contributed by atoms with Gasteiger partial charge >= 0.3 is 0 Å². The van der Waals surface area contributed by atoms with Gasteiger partial charge in [-0.3, -0.25) is 4.79 Å². The Labute approximate surface area is 80.9 Å². The molecule has 6 heteroatoms. The zero-order chi connectivity index (χ0) is 9.68. The number of aromatic nitrogens is 4. The van der Waals surface area contributed by atoms with Crippen molar-refractivity contribution in [3.05, 3.63) is 5.82 Å². The summed E-state index contributed by atoms with van der Waals surface area (Å²) in [7, 11) is 1.80. The number of nitrogens with zero attached hydrogens (tertiary/aromatic N) is 4. The predicted octanol–water partition coefficient (Wildman–Crippen LogP) is 0.422. The first kappa shape index (κ1) is 10.2. The van der Waals surface area contributed by atoms with Crippen LogP contribution in [-0.2, 0) is 18.3 Å². The molecule has 5 nitrogen and oxygen atoms in total. The van der Waals surface area contributed by atoms with Gasteiger partial charge in [0.2, 0.25) is 0 Å². The van der Waals surface area contributed by atoms with Gasteiger partial charge in [-0.05, 0) is 23.1 Å². The van der Waals surface area contributed by atoms with E-state index in [-0.39, 0.29) is 5.12 Å². The normalized spacial score (nSPS) is 10.3. The summed E-state index contributed by atoms with van der Waals surface area (Å²) in [5, 5.41) is 11.3. The number of carbonyl (C=O) groups is 1. The number of tetrazole rings is 1. The Morgan fingerprint density at radius 1 is 1.62 bits per heavy atom. The van der Waals surface area contributed by atoms with Gasteiger partial charge < -0.3 is 0 Å². The SMILES string of the molecule is CSC(=O)CCCc1nnnn1C.